The Labute approximate surface area is 127 Å². The number of halogens is 1. The van der Waals surface area contributed by atoms with E-state index >= 15 is 0 Å². The van der Waals surface area contributed by atoms with Gasteiger partial charge in [-0.1, -0.05) is 11.6 Å². The summed E-state index contributed by atoms with van der Waals surface area (Å²) in [5.74, 6) is 1.34. The maximum absolute atomic E-state index is 6.19. The van der Waals surface area contributed by atoms with E-state index in [4.69, 9.17) is 22.1 Å². The SMILES string of the molecule is Cc1cc(Oc2ccc(Cl)c3cccnc23)c(CN)cn1. The van der Waals surface area contributed by atoms with Gasteiger partial charge in [0.15, 0.2) is 5.75 Å². The Morgan fingerprint density at radius 2 is 2.05 bits per heavy atom. The van der Waals surface area contributed by atoms with Crippen molar-refractivity contribution in [2.45, 2.75) is 13.5 Å². The van der Waals surface area contributed by atoms with Crippen LogP contribution in [0.4, 0.5) is 0 Å². The molecule has 0 aliphatic carbocycles. The van der Waals surface area contributed by atoms with Crippen LogP contribution in [0.5, 0.6) is 11.5 Å². The number of pyridine rings is 2. The first kappa shape index (κ1) is 13.8. The van der Waals surface area contributed by atoms with Gasteiger partial charge in [-0.15, -0.1) is 0 Å². The number of nitrogens with zero attached hydrogens (tertiary/aromatic N) is 2. The van der Waals surface area contributed by atoms with Crippen LogP contribution in [0.25, 0.3) is 10.9 Å². The fourth-order valence-electron chi connectivity index (χ4n) is 2.12. The molecule has 0 spiro atoms. The first-order valence-electron chi connectivity index (χ1n) is 6.55. The van der Waals surface area contributed by atoms with Crippen molar-refractivity contribution in [2.75, 3.05) is 0 Å². The molecule has 21 heavy (non-hydrogen) atoms. The topological polar surface area (TPSA) is 61.0 Å². The van der Waals surface area contributed by atoms with Crippen molar-refractivity contribution in [2.24, 2.45) is 5.73 Å². The summed E-state index contributed by atoms with van der Waals surface area (Å²) in [5, 5.41) is 1.51. The van der Waals surface area contributed by atoms with Gasteiger partial charge in [-0.3, -0.25) is 9.97 Å². The number of hydrogen-bond acceptors (Lipinski definition) is 4. The van der Waals surface area contributed by atoms with Crippen molar-refractivity contribution in [3.63, 3.8) is 0 Å². The lowest BCUT2D eigenvalue weighted by Crippen LogP contribution is -2.01. The number of rotatable bonds is 3. The second-order valence-electron chi connectivity index (χ2n) is 4.68. The quantitative estimate of drug-likeness (QED) is 0.798. The number of ether oxygens (including phenoxy) is 1. The van der Waals surface area contributed by atoms with Crippen molar-refractivity contribution < 1.29 is 4.74 Å². The van der Waals surface area contributed by atoms with E-state index in [-0.39, 0.29) is 0 Å². The number of nitrogens with two attached hydrogens (primary N) is 1. The van der Waals surface area contributed by atoms with Gasteiger partial charge in [0.1, 0.15) is 11.3 Å². The predicted octanol–water partition coefficient (Wildman–Crippen LogP) is 3.84. The smallest absolute Gasteiger partial charge is 0.153 e. The first-order valence-corrected chi connectivity index (χ1v) is 6.93. The molecule has 0 atom stereocenters. The average Bonchev–Trinajstić information content (AvgIpc) is 2.51. The number of aryl methyl sites for hydroxylation is 1. The third-order valence-corrected chi connectivity index (χ3v) is 3.53. The Morgan fingerprint density at radius 1 is 1.19 bits per heavy atom. The molecule has 4 nitrogen and oxygen atoms in total. The monoisotopic (exact) mass is 299 g/mol. The van der Waals surface area contributed by atoms with Crippen molar-refractivity contribution in [1.29, 1.82) is 0 Å². The maximum Gasteiger partial charge on any atom is 0.153 e. The van der Waals surface area contributed by atoms with Gasteiger partial charge < -0.3 is 10.5 Å². The van der Waals surface area contributed by atoms with Crippen LogP contribution in [0.15, 0.2) is 42.7 Å². The van der Waals surface area contributed by atoms with E-state index in [0.29, 0.717) is 23.1 Å². The van der Waals surface area contributed by atoms with Crippen LogP contribution in [0.3, 0.4) is 0 Å². The summed E-state index contributed by atoms with van der Waals surface area (Å²) in [6.07, 6.45) is 3.45. The van der Waals surface area contributed by atoms with Crippen LogP contribution in [-0.4, -0.2) is 9.97 Å². The zero-order chi connectivity index (χ0) is 14.8. The summed E-state index contributed by atoms with van der Waals surface area (Å²) in [6, 6.07) is 9.25. The van der Waals surface area contributed by atoms with Gasteiger partial charge in [0.25, 0.3) is 0 Å². The molecule has 0 aliphatic rings. The lowest BCUT2D eigenvalue weighted by Gasteiger charge is -2.12. The molecule has 2 aromatic heterocycles. The second-order valence-corrected chi connectivity index (χ2v) is 5.09. The number of benzene rings is 1. The molecule has 106 valence electrons. The minimum absolute atomic E-state index is 0.363. The van der Waals surface area contributed by atoms with Gasteiger partial charge in [0.05, 0.1) is 5.02 Å². The summed E-state index contributed by atoms with van der Waals surface area (Å²) in [7, 11) is 0. The lowest BCUT2D eigenvalue weighted by molar-refractivity contribution is 0.479. The summed E-state index contributed by atoms with van der Waals surface area (Å²) < 4.78 is 6.01. The van der Waals surface area contributed by atoms with Crippen molar-refractivity contribution in [3.05, 3.63) is 59.0 Å². The van der Waals surface area contributed by atoms with Crippen molar-refractivity contribution in [3.8, 4) is 11.5 Å². The van der Waals surface area contributed by atoms with Crippen LogP contribution < -0.4 is 10.5 Å². The van der Waals surface area contributed by atoms with E-state index in [1.807, 2.05) is 31.2 Å². The third-order valence-electron chi connectivity index (χ3n) is 3.20. The average molecular weight is 300 g/mol. The predicted molar refractivity (Wildman–Crippen MR) is 83.7 cm³/mol. The van der Waals surface area contributed by atoms with E-state index in [0.717, 1.165) is 22.2 Å². The highest BCUT2D eigenvalue weighted by atomic mass is 35.5. The van der Waals surface area contributed by atoms with Crippen molar-refractivity contribution in [1.82, 2.24) is 9.97 Å². The summed E-state index contributed by atoms with van der Waals surface area (Å²) in [6.45, 7) is 2.27. The van der Waals surface area contributed by atoms with Gasteiger partial charge in [-0.2, -0.15) is 0 Å². The normalized spacial score (nSPS) is 10.8. The minimum atomic E-state index is 0.363. The molecule has 0 unspecified atom stereocenters. The molecule has 0 amide bonds. The van der Waals surface area contributed by atoms with E-state index < -0.39 is 0 Å². The van der Waals surface area contributed by atoms with Gasteiger partial charge >= 0.3 is 0 Å². The molecular weight excluding hydrogens is 286 g/mol. The minimum Gasteiger partial charge on any atom is -0.455 e. The molecule has 3 rings (SSSR count). The molecule has 1 aromatic carbocycles. The molecule has 0 aliphatic heterocycles. The molecular formula is C16H14ClN3O. The number of hydrogen-bond donors (Lipinski definition) is 1. The fourth-order valence-corrected chi connectivity index (χ4v) is 2.34. The Hall–Kier alpha value is -2.17. The van der Waals surface area contributed by atoms with E-state index in [1.165, 1.54) is 0 Å². The van der Waals surface area contributed by atoms with E-state index in [9.17, 15) is 0 Å². The second kappa shape index (κ2) is 5.68. The van der Waals surface area contributed by atoms with Crippen molar-refractivity contribution >= 4 is 22.5 Å². The number of fused-ring (bicyclic) bond motifs is 1. The van der Waals surface area contributed by atoms with E-state index in [2.05, 4.69) is 9.97 Å². The Bertz CT molecular complexity index is 805. The first-order chi connectivity index (χ1) is 10.2. The molecule has 0 bridgehead atoms. The highest BCUT2D eigenvalue weighted by Crippen LogP contribution is 2.33. The standard InChI is InChI=1S/C16H14ClN3O/c1-10-7-15(11(8-18)9-20-10)21-14-5-4-13(17)12-3-2-6-19-16(12)14/h2-7,9H,8,18H2,1H3. The van der Waals surface area contributed by atoms with Gasteiger partial charge in [-0.25, -0.2) is 0 Å². The summed E-state index contributed by atoms with van der Waals surface area (Å²) in [4.78, 5) is 8.59. The van der Waals surface area contributed by atoms with Gasteiger partial charge in [-0.05, 0) is 31.2 Å². The zero-order valence-corrected chi connectivity index (χ0v) is 12.3. The van der Waals surface area contributed by atoms with Crippen LogP contribution in [-0.2, 0) is 6.54 Å². The molecule has 2 N–H and O–H groups in total. The highest BCUT2D eigenvalue weighted by Gasteiger charge is 2.10. The molecule has 0 saturated carbocycles. The Morgan fingerprint density at radius 3 is 2.86 bits per heavy atom. The largest absolute Gasteiger partial charge is 0.455 e. The van der Waals surface area contributed by atoms with Crippen LogP contribution >= 0.6 is 11.6 Å². The summed E-state index contributed by atoms with van der Waals surface area (Å²) >= 11 is 6.19. The van der Waals surface area contributed by atoms with Crippen LogP contribution in [0.1, 0.15) is 11.3 Å². The van der Waals surface area contributed by atoms with Crippen LogP contribution in [0, 0.1) is 6.92 Å². The fraction of sp³-hybridized carbons (Fsp3) is 0.125. The molecule has 0 radical (unpaired) electrons. The zero-order valence-electron chi connectivity index (χ0n) is 11.5. The molecule has 0 saturated heterocycles. The van der Waals surface area contributed by atoms with Crippen LogP contribution in [0.2, 0.25) is 5.02 Å². The maximum atomic E-state index is 6.19. The molecule has 5 heteroatoms. The molecule has 3 aromatic rings. The van der Waals surface area contributed by atoms with E-state index in [1.54, 1.807) is 18.5 Å². The summed E-state index contributed by atoms with van der Waals surface area (Å²) in [5.41, 5.74) is 8.17. The lowest BCUT2D eigenvalue weighted by atomic mass is 10.2. The Balaban J connectivity index is 2.11. The van der Waals surface area contributed by atoms with Gasteiger partial charge in [0, 0.05) is 41.6 Å². The number of aromatic nitrogens is 2. The molecule has 2 heterocycles. The third kappa shape index (κ3) is 2.68. The Kier molecular flexibility index (Phi) is 3.73. The van der Waals surface area contributed by atoms with Gasteiger partial charge in [0.2, 0.25) is 0 Å². The highest BCUT2D eigenvalue weighted by molar-refractivity contribution is 6.35. The molecule has 0 fully saturated rings.